The molecule has 1 amide bonds. The van der Waals surface area contributed by atoms with Gasteiger partial charge in [0.05, 0.1) is 7.11 Å². The number of carbonyl (C=O) groups excluding carboxylic acids is 2. The van der Waals surface area contributed by atoms with E-state index in [-0.39, 0.29) is 23.1 Å². The van der Waals surface area contributed by atoms with E-state index in [1.807, 2.05) is 48.5 Å². The van der Waals surface area contributed by atoms with Gasteiger partial charge < -0.3 is 19.5 Å². The summed E-state index contributed by atoms with van der Waals surface area (Å²) in [4.78, 5) is 27.9. The summed E-state index contributed by atoms with van der Waals surface area (Å²) in [5.74, 6) is 0.215. The van der Waals surface area contributed by atoms with Gasteiger partial charge in [-0.05, 0) is 64.7 Å². The van der Waals surface area contributed by atoms with Gasteiger partial charge in [0.1, 0.15) is 11.9 Å². The molecule has 0 aliphatic heterocycles. The Morgan fingerprint density at radius 1 is 0.968 bits per heavy atom. The maximum absolute atomic E-state index is 13.5. The lowest BCUT2D eigenvalue weighted by molar-refractivity contribution is -0.133. The Morgan fingerprint density at radius 3 is 1.84 bits per heavy atom. The van der Waals surface area contributed by atoms with Crippen LogP contribution in [0.4, 0.5) is 4.79 Å². The largest absolute Gasteiger partial charge is 0.497 e. The summed E-state index contributed by atoms with van der Waals surface area (Å²) < 4.78 is 10.8. The van der Waals surface area contributed by atoms with Crippen LogP contribution in [0.15, 0.2) is 35.9 Å². The number of hydrogen-bond acceptors (Lipinski definition) is 5. The molecule has 1 aromatic carbocycles. The molecule has 0 aromatic heterocycles. The highest BCUT2D eigenvalue weighted by Gasteiger charge is 2.39. The standard InChI is InChI=1S/C25H39NO5/c1-16(2)26(17(3)4)23(29)31-25(8,9)22(28)20(15-24(5,6)7)21(27)18-11-13-19(30-10)14-12-18/h11-17,21,27H,1-10H3/b20-15-. The topological polar surface area (TPSA) is 76.1 Å². The molecule has 6 heteroatoms. The molecule has 0 fully saturated rings. The van der Waals surface area contributed by atoms with Crippen molar-refractivity contribution in [1.29, 1.82) is 0 Å². The highest BCUT2D eigenvalue weighted by molar-refractivity contribution is 6.03. The highest BCUT2D eigenvalue weighted by atomic mass is 16.6. The smallest absolute Gasteiger partial charge is 0.411 e. The van der Waals surface area contributed by atoms with Gasteiger partial charge in [0, 0.05) is 17.7 Å². The molecule has 1 unspecified atom stereocenters. The van der Waals surface area contributed by atoms with Gasteiger partial charge in [0.25, 0.3) is 0 Å². The fourth-order valence-corrected chi connectivity index (χ4v) is 3.38. The number of Topliss-reactive ketones (excluding diaryl/α,β-unsaturated/α-hetero) is 1. The van der Waals surface area contributed by atoms with Crippen molar-refractivity contribution in [2.75, 3.05) is 7.11 Å². The first-order valence-corrected chi connectivity index (χ1v) is 10.7. The van der Waals surface area contributed by atoms with Gasteiger partial charge in [-0.2, -0.15) is 0 Å². The minimum atomic E-state index is -1.45. The molecule has 1 aromatic rings. The van der Waals surface area contributed by atoms with Crippen molar-refractivity contribution in [3.8, 4) is 5.75 Å². The Kier molecular flexibility index (Phi) is 8.88. The van der Waals surface area contributed by atoms with Crippen molar-refractivity contribution in [3.63, 3.8) is 0 Å². The lowest BCUT2D eigenvalue weighted by Crippen LogP contribution is -2.48. The molecule has 0 aliphatic rings. The fourth-order valence-electron chi connectivity index (χ4n) is 3.38. The number of methoxy groups -OCH3 is 1. The molecule has 0 bridgehead atoms. The van der Waals surface area contributed by atoms with Crippen molar-refractivity contribution in [2.45, 2.75) is 86.1 Å². The van der Waals surface area contributed by atoms with Gasteiger partial charge >= 0.3 is 6.09 Å². The molecule has 0 spiro atoms. The molecule has 1 rings (SSSR count). The zero-order valence-electron chi connectivity index (χ0n) is 20.6. The maximum atomic E-state index is 13.5. The maximum Gasteiger partial charge on any atom is 0.411 e. The van der Waals surface area contributed by atoms with Crippen LogP contribution in [0.1, 0.15) is 74.0 Å². The van der Waals surface area contributed by atoms with Gasteiger partial charge in [-0.25, -0.2) is 4.79 Å². The van der Waals surface area contributed by atoms with Crippen LogP contribution in [-0.2, 0) is 9.53 Å². The van der Waals surface area contributed by atoms with Crippen LogP contribution in [0.5, 0.6) is 5.75 Å². The van der Waals surface area contributed by atoms with Crippen LogP contribution < -0.4 is 4.74 Å². The minimum absolute atomic E-state index is 0.0760. The molecule has 0 saturated carbocycles. The van der Waals surface area contributed by atoms with E-state index in [2.05, 4.69) is 0 Å². The van der Waals surface area contributed by atoms with Crippen LogP contribution in [-0.4, -0.2) is 46.7 Å². The fraction of sp³-hybridized carbons (Fsp3) is 0.600. The van der Waals surface area contributed by atoms with Crippen LogP contribution >= 0.6 is 0 Å². The van der Waals surface area contributed by atoms with Crippen molar-refractivity contribution in [3.05, 3.63) is 41.5 Å². The second-order valence-corrected chi connectivity index (χ2v) is 9.94. The average molecular weight is 434 g/mol. The molecular weight excluding hydrogens is 394 g/mol. The summed E-state index contributed by atoms with van der Waals surface area (Å²) in [6.07, 6.45) is 0.0157. The molecule has 0 heterocycles. The first-order chi connectivity index (χ1) is 14.1. The Labute approximate surface area is 187 Å². The Hall–Kier alpha value is -2.34. The number of allylic oxidation sites excluding steroid dienone is 1. The second-order valence-electron chi connectivity index (χ2n) is 9.94. The van der Waals surface area contributed by atoms with Crippen molar-refractivity contribution >= 4 is 11.9 Å². The number of ketones is 1. The lowest BCUT2D eigenvalue weighted by atomic mass is 9.84. The summed E-state index contributed by atoms with van der Waals surface area (Å²) >= 11 is 0. The average Bonchev–Trinajstić information content (AvgIpc) is 2.63. The van der Waals surface area contributed by atoms with E-state index in [4.69, 9.17) is 9.47 Å². The molecule has 1 N–H and O–H groups in total. The van der Waals surface area contributed by atoms with Crippen LogP contribution in [0.25, 0.3) is 0 Å². The SMILES string of the molecule is COc1ccc(C(O)/C(=C/C(C)(C)C)C(=O)C(C)(C)OC(=O)N(C(C)C)C(C)C)cc1. The highest BCUT2D eigenvalue weighted by Crippen LogP contribution is 2.32. The van der Waals surface area contributed by atoms with E-state index in [9.17, 15) is 14.7 Å². The molecule has 31 heavy (non-hydrogen) atoms. The van der Waals surface area contributed by atoms with Crippen LogP contribution in [0.2, 0.25) is 0 Å². The summed E-state index contributed by atoms with van der Waals surface area (Å²) in [6, 6.07) is 6.73. The first kappa shape index (κ1) is 26.7. The number of hydrogen-bond donors (Lipinski definition) is 1. The zero-order chi connectivity index (χ0) is 24.1. The predicted molar refractivity (Wildman–Crippen MR) is 123 cm³/mol. The van der Waals surface area contributed by atoms with Crippen LogP contribution in [0.3, 0.4) is 0 Å². The van der Waals surface area contributed by atoms with Gasteiger partial charge in [-0.1, -0.05) is 39.0 Å². The summed E-state index contributed by atoms with van der Waals surface area (Å²) in [7, 11) is 1.56. The summed E-state index contributed by atoms with van der Waals surface area (Å²) in [5, 5.41) is 11.1. The molecule has 0 saturated heterocycles. The Bertz CT molecular complexity index is 777. The first-order valence-electron chi connectivity index (χ1n) is 10.7. The molecule has 6 nitrogen and oxygen atoms in total. The molecule has 174 valence electrons. The number of aliphatic hydroxyl groups is 1. The number of amides is 1. The third-order valence-electron chi connectivity index (χ3n) is 4.79. The Balaban J connectivity index is 3.30. The van der Waals surface area contributed by atoms with E-state index in [0.29, 0.717) is 11.3 Å². The number of ether oxygens (including phenoxy) is 2. The number of aliphatic hydroxyl groups excluding tert-OH is 1. The van der Waals surface area contributed by atoms with E-state index >= 15 is 0 Å². The van der Waals surface area contributed by atoms with Gasteiger partial charge in [0.15, 0.2) is 5.60 Å². The number of nitrogens with zero attached hydrogens (tertiary/aromatic N) is 1. The quantitative estimate of drug-likeness (QED) is 0.563. The minimum Gasteiger partial charge on any atom is -0.497 e. The summed E-state index contributed by atoms with van der Waals surface area (Å²) in [6.45, 7) is 16.5. The molecule has 0 aliphatic carbocycles. The number of carbonyl (C=O) groups is 2. The van der Waals surface area contributed by atoms with Crippen LogP contribution in [0, 0.1) is 5.41 Å². The lowest BCUT2D eigenvalue weighted by Gasteiger charge is -2.34. The third-order valence-corrected chi connectivity index (χ3v) is 4.79. The van der Waals surface area contributed by atoms with Crippen molar-refractivity contribution in [1.82, 2.24) is 4.90 Å². The van der Waals surface area contributed by atoms with E-state index in [1.54, 1.807) is 56.2 Å². The van der Waals surface area contributed by atoms with E-state index in [0.717, 1.165) is 0 Å². The molecule has 0 radical (unpaired) electrons. The van der Waals surface area contributed by atoms with Crippen molar-refractivity contribution in [2.24, 2.45) is 5.41 Å². The second kappa shape index (κ2) is 10.3. The van der Waals surface area contributed by atoms with E-state index < -0.39 is 23.6 Å². The van der Waals surface area contributed by atoms with Gasteiger partial charge in [0.2, 0.25) is 5.78 Å². The van der Waals surface area contributed by atoms with Crippen molar-refractivity contribution < 1.29 is 24.2 Å². The monoisotopic (exact) mass is 433 g/mol. The van der Waals surface area contributed by atoms with Gasteiger partial charge in [-0.15, -0.1) is 0 Å². The number of rotatable bonds is 8. The van der Waals surface area contributed by atoms with Gasteiger partial charge in [-0.3, -0.25) is 4.79 Å². The third kappa shape index (κ3) is 7.39. The zero-order valence-corrected chi connectivity index (χ0v) is 20.6. The molecular formula is C25H39NO5. The molecule has 1 atom stereocenters. The normalized spacial score (nSPS) is 13.9. The number of benzene rings is 1. The predicted octanol–water partition coefficient (Wildman–Crippen LogP) is 5.30. The van der Waals surface area contributed by atoms with E-state index in [1.165, 1.54) is 0 Å². The Morgan fingerprint density at radius 2 is 1.45 bits per heavy atom. The summed E-state index contributed by atoms with van der Waals surface area (Å²) in [5.41, 5.74) is -1.08.